The molecular formula is C11H12F3N3O2. The highest BCUT2D eigenvalue weighted by molar-refractivity contribution is 5.97. The summed E-state index contributed by atoms with van der Waals surface area (Å²) in [5, 5.41) is 13.1. The molecule has 4 N–H and O–H groups in total. The summed E-state index contributed by atoms with van der Waals surface area (Å²) < 4.78 is 36.2. The van der Waals surface area contributed by atoms with Crippen LogP contribution in [0.25, 0.3) is 0 Å². The van der Waals surface area contributed by atoms with Crippen molar-refractivity contribution in [3.05, 3.63) is 35.4 Å². The highest BCUT2D eigenvalue weighted by Crippen LogP contribution is 2.18. The number of rotatable bonds is 3. The van der Waals surface area contributed by atoms with Gasteiger partial charge in [-0.1, -0.05) is 29.4 Å². The first-order valence-corrected chi connectivity index (χ1v) is 5.21. The molecule has 5 nitrogen and oxygen atoms in total. The monoisotopic (exact) mass is 275 g/mol. The van der Waals surface area contributed by atoms with Gasteiger partial charge < -0.3 is 16.3 Å². The molecule has 1 rings (SSSR count). The van der Waals surface area contributed by atoms with Gasteiger partial charge in [0.2, 0.25) is 0 Å². The summed E-state index contributed by atoms with van der Waals surface area (Å²) in [6.45, 7) is 1.42. The van der Waals surface area contributed by atoms with Gasteiger partial charge in [0.25, 0.3) is 0 Å². The van der Waals surface area contributed by atoms with Gasteiger partial charge in [0.05, 0.1) is 6.04 Å². The van der Waals surface area contributed by atoms with E-state index in [0.717, 1.165) is 0 Å². The first-order chi connectivity index (χ1) is 8.75. The number of benzene rings is 1. The molecule has 1 atom stereocenters. The molecule has 1 aromatic carbocycles. The molecule has 19 heavy (non-hydrogen) atoms. The van der Waals surface area contributed by atoms with Crippen molar-refractivity contribution in [1.82, 2.24) is 5.32 Å². The number of nitrogens with one attached hydrogen (secondary N) is 1. The van der Waals surface area contributed by atoms with E-state index >= 15 is 0 Å². The van der Waals surface area contributed by atoms with E-state index in [1.54, 1.807) is 0 Å². The number of oxime groups is 1. The molecule has 1 aromatic rings. The number of halogens is 3. The lowest BCUT2D eigenvalue weighted by atomic mass is 10.1. The summed E-state index contributed by atoms with van der Waals surface area (Å²) in [6, 6.07) is 5.10. The molecule has 0 fully saturated rings. The Balaban J connectivity index is 2.79. The number of carbonyl (C=O) groups is 1. The van der Waals surface area contributed by atoms with Crippen molar-refractivity contribution in [3.63, 3.8) is 0 Å². The van der Waals surface area contributed by atoms with E-state index in [2.05, 4.69) is 5.16 Å². The molecule has 0 spiro atoms. The van der Waals surface area contributed by atoms with Crippen molar-refractivity contribution in [2.45, 2.75) is 19.1 Å². The van der Waals surface area contributed by atoms with E-state index in [4.69, 9.17) is 10.9 Å². The Morgan fingerprint density at radius 1 is 1.37 bits per heavy atom. The van der Waals surface area contributed by atoms with E-state index in [0.29, 0.717) is 11.1 Å². The van der Waals surface area contributed by atoms with Crippen LogP contribution >= 0.6 is 0 Å². The lowest BCUT2D eigenvalue weighted by molar-refractivity contribution is -0.174. The highest BCUT2D eigenvalue weighted by atomic mass is 19.4. The fourth-order valence-corrected chi connectivity index (χ4v) is 1.36. The fourth-order valence-electron chi connectivity index (χ4n) is 1.36. The molecule has 0 aliphatic carbocycles. The number of amides is 1. The lowest BCUT2D eigenvalue weighted by Crippen LogP contribution is -2.38. The summed E-state index contributed by atoms with van der Waals surface area (Å²) in [7, 11) is 0. The Hall–Kier alpha value is -2.25. The molecule has 8 heteroatoms. The van der Waals surface area contributed by atoms with Crippen LogP contribution in [0, 0.1) is 0 Å². The molecule has 0 aliphatic rings. The predicted octanol–water partition coefficient (Wildman–Crippen LogP) is 1.52. The fraction of sp³-hybridized carbons (Fsp3) is 0.273. The number of hydrogen-bond donors (Lipinski definition) is 3. The summed E-state index contributed by atoms with van der Waals surface area (Å²) in [6.07, 6.45) is -4.91. The molecular weight excluding hydrogens is 263 g/mol. The number of nitrogens with two attached hydrogens (primary N) is 1. The molecule has 1 amide bonds. The summed E-state index contributed by atoms with van der Waals surface area (Å²) >= 11 is 0. The van der Waals surface area contributed by atoms with Crippen LogP contribution in [-0.4, -0.2) is 23.1 Å². The van der Waals surface area contributed by atoms with E-state index in [9.17, 15) is 18.0 Å². The SMILES string of the molecule is CC(NC(=O)C(F)(F)F)c1ccc(C(N)=NO)cc1. The van der Waals surface area contributed by atoms with Crippen molar-refractivity contribution in [1.29, 1.82) is 0 Å². The molecule has 0 aliphatic heterocycles. The average molecular weight is 275 g/mol. The van der Waals surface area contributed by atoms with E-state index in [1.165, 1.54) is 31.2 Å². The van der Waals surface area contributed by atoms with Crippen molar-refractivity contribution in [3.8, 4) is 0 Å². The standard InChI is InChI=1S/C11H12F3N3O2/c1-6(16-10(18)11(12,13)14)7-2-4-8(5-3-7)9(15)17-19/h2-6,19H,1H3,(H2,15,17)(H,16,18). The van der Waals surface area contributed by atoms with Crippen molar-refractivity contribution >= 4 is 11.7 Å². The Labute approximate surface area is 106 Å². The summed E-state index contributed by atoms with van der Waals surface area (Å²) in [5.41, 5.74) is 6.22. The van der Waals surface area contributed by atoms with Gasteiger partial charge in [0.1, 0.15) is 0 Å². The second-order valence-corrected chi connectivity index (χ2v) is 3.80. The third-order valence-electron chi connectivity index (χ3n) is 2.42. The first kappa shape index (κ1) is 14.8. The second-order valence-electron chi connectivity index (χ2n) is 3.80. The normalized spacial score (nSPS) is 14.0. The number of hydrogen-bond acceptors (Lipinski definition) is 3. The maximum atomic E-state index is 12.1. The molecule has 0 heterocycles. The van der Waals surface area contributed by atoms with Gasteiger partial charge in [-0.25, -0.2) is 0 Å². The molecule has 0 aromatic heterocycles. The lowest BCUT2D eigenvalue weighted by Gasteiger charge is -2.15. The topological polar surface area (TPSA) is 87.7 Å². The number of carbonyl (C=O) groups excluding carboxylic acids is 1. The van der Waals surface area contributed by atoms with Crippen LogP contribution < -0.4 is 11.1 Å². The van der Waals surface area contributed by atoms with E-state index in [1.807, 2.05) is 5.32 Å². The first-order valence-electron chi connectivity index (χ1n) is 5.21. The molecule has 104 valence electrons. The van der Waals surface area contributed by atoms with Gasteiger partial charge in [-0.3, -0.25) is 4.79 Å². The van der Waals surface area contributed by atoms with Gasteiger partial charge >= 0.3 is 12.1 Å². The smallest absolute Gasteiger partial charge is 0.409 e. The van der Waals surface area contributed by atoms with E-state index in [-0.39, 0.29) is 5.84 Å². The largest absolute Gasteiger partial charge is 0.471 e. The Morgan fingerprint density at radius 2 is 1.89 bits per heavy atom. The van der Waals surface area contributed by atoms with Crippen LogP contribution in [0.2, 0.25) is 0 Å². The predicted molar refractivity (Wildman–Crippen MR) is 61.6 cm³/mol. The van der Waals surface area contributed by atoms with Gasteiger partial charge in [-0.2, -0.15) is 13.2 Å². The minimum atomic E-state index is -4.91. The Morgan fingerprint density at radius 3 is 2.32 bits per heavy atom. The maximum Gasteiger partial charge on any atom is 0.471 e. The Bertz CT molecular complexity index is 483. The average Bonchev–Trinajstić information content (AvgIpc) is 2.36. The summed E-state index contributed by atoms with van der Waals surface area (Å²) in [4.78, 5) is 10.8. The molecule has 0 saturated heterocycles. The number of alkyl halides is 3. The zero-order chi connectivity index (χ0) is 14.6. The minimum Gasteiger partial charge on any atom is -0.409 e. The molecule has 0 saturated carbocycles. The molecule has 0 bridgehead atoms. The van der Waals surface area contributed by atoms with Crippen molar-refractivity contribution < 1.29 is 23.2 Å². The third kappa shape index (κ3) is 3.87. The van der Waals surface area contributed by atoms with Crippen LogP contribution in [0.15, 0.2) is 29.4 Å². The van der Waals surface area contributed by atoms with Gasteiger partial charge in [-0.15, -0.1) is 0 Å². The second kappa shape index (κ2) is 5.59. The van der Waals surface area contributed by atoms with Crippen molar-refractivity contribution in [2.75, 3.05) is 0 Å². The van der Waals surface area contributed by atoms with Crippen LogP contribution in [-0.2, 0) is 4.79 Å². The minimum absolute atomic E-state index is 0.112. The Kier molecular flexibility index (Phi) is 4.36. The van der Waals surface area contributed by atoms with Crippen LogP contribution in [0.1, 0.15) is 24.1 Å². The van der Waals surface area contributed by atoms with Gasteiger partial charge in [-0.05, 0) is 12.5 Å². The zero-order valence-corrected chi connectivity index (χ0v) is 9.90. The van der Waals surface area contributed by atoms with Gasteiger partial charge in [0.15, 0.2) is 5.84 Å². The van der Waals surface area contributed by atoms with E-state index < -0.39 is 18.1 Å². The van der Waals surface area contributed by atoms with Crippen LogP contribution in [0.4, 0.5) is 13.2 Å². The zero-order valence-electron chi connectivity index (χ0n) is 9.90. The van der Waals surface area contributed by atoms with Crippen molar-refractivity contribution in [2.24, 2.45) is 10.9 Å². The number of nitrogens with zero attached hydrogens (tertiary/aromatic N) is 1. The number of amidine groups is 1. The maximum absolute atomic E-state index is 12.1. The highest BCUT2D eigenvalue weighted by Gasteiger charge is 2.39. The quantitative estimate of drug-likeness (QED) is 0.338. The van der Waals surface area contributed by atoms with Crippen LogP contribution in [0.3, 0.4) is 0 Å². The third-order valence-corrected chi connectivity index (χ3v) is 2.42. The summed E-state index contributed by atoms with van der Waals surface area (Å²) in [5.74, 6) is -2.11. The van der Waals surface area contributed by atoms with Crippen LogP contribution in [0.5, 0.6) is 0 Å². The van der Waals surface area contributed by atoms with Gasteiger partial charge in [0, 0.05) is 5.56 Å². The molecule has 1 unspecified atom stereocenters. The molecule has 0 radical (unpaired) electrons.